The number of thioether (sulfide) groups is 1. The Kier molecular flexibility index (Phi) is 5.44. The molecule has 1 heterocycles. The Morgan fingerprint density at radius 2 is 2.11 bits per heavy atom. The third kappa shape index (κ3) is 3.25. The lowest BCUT2D eigenvalue weighted by atomic mass is 9.73. The Bertz CT molecular complexity index is 247. The minimum Gasteiger partial charge on any atom is -0.313 e. The van der Waals surface area contributed by atoms with Gasteiger partial charge in [0.1, 0.15) is 0 Å². The van der Waals surface area contributed by atoms with Gasteiger partial charge < -0.3 is 5.32 Å². The smallest absolute Gasteiger partial charge is 0.0287 e. The van der Waals surface area contributed by atoms with Gasteiger partial charge in [0.15, 0.2) is 0 Å². The van der Waals surface area contributed by atoms with E-state index in [2.05, 4.69) is 37.8 Å². The fraction of sp³-hybridized carbons (Fsp3) is 1.00. The van der Waals surface area contributed by atoms with Crippen LogP contribution in [0.25, 0.3) is 0 Å². The molecule has 0 aromatic rings. The van der Waals surface area contributed by atoms with Crippen LogP contribution < -0.4 is 5.32 Å². The van der Waals surface area contributed by atoms with Crippen LogP contribution in [0.2, 0.25) is 0 Å². The lowest BCUT2D eigenvalue weighted by molar-refractivity contribution is 0.185. The summed E-state index contributed by atoms with van der Waals surface area (Å²) in [5.74, 6) is 3.31. The summed E-state index contributed by atoms with van der Waals surface area (Å²) in [7, 11) is 0. The second-order valence-corrected chi connectivity index (χ2v) is 8.13. The van der Waals surface area contributed by atoms with Crippen molar-refractivity contribution in [1.82, 2.24) is 5.32 Å². The average molecular weight is 269 g/mol. The summed E-state index contributed by atoms with van der Waals surface area (Å²) in [6, 6.07) is 0.754. The molecule has 1 N–H and O–H groups in total. The van der Waals surface area contributed by atoms with Crippen LogP contribution in [0.5, 0.6) is 0 Å². The monoisotopic (exact) mass is 269 g/mol. The van der Waals surface area contributed by atoms with Gasteiger partial charge in [-0.25, -0.2) is 0 Å². The minimum absolute atomic E-state index is 0.510. The van der Waals surface area contributed by atoms with Crippen molar-refractivity contribution in [2.24, 2.45) is 11.8 Å². The summed E-state index contributed by atoms with van der Waals surface area (Å²) in [6.07, 6.45) is 10.1. The van der Waals surface area contributed by atoms with Crippen LogP contribution in [0.1, 0.15) is 65.7 Å². The first-order valence-corrected chi connectivity index (χ1v) is 9.05. The van der Waals surface area contributed by atoms with Crippen LogP contribution >= 0.6 is 11.8 Å². The molecular formula is C16H31NS. The zero-order valence-corrected chi connectivity index (χ0v) is 13.3. The molecule has 0 bridgehead atoms. The van der Waals surface area contributed by atoms with Crippen LogP contribution in [-0.4, -0.2) is 23.1 Å². The molecule has 2 fully saturated rings. The SMILES string of the molecule is CCNC(C1CCCC(CC)C1)C1(C)CCCS1. The van der Waals surface area contributed by atoms with Gasteiger partial charge in [0, 0.05) is 10.8 Å². The highest BCUT2D eigenvalue weighted by atomic mass is 32.2. The Hall–Kier alpha value is 0.310. The summed E-state index contributed by atoms with van der Waals surface area (Å²) < 4.78 is 0.510. The van der Waals surface area contributed by atoms with E-state index in [-0.39, 0.29) is 0 Å². The molecule has 4 atom stereocenters. The molecule has 2 rings (SSSR count). The molecule has 1 saturated carbocycles. The van der Waals surface area contributed by atoms with E-state index in [0.717, 1.165) is 24.4 Å². The maximum Gasteiger partial charge on any atom is 0.0287 e. The Morgan fingerprint density at radius 1 is 1.28 bits per heavy atom. The summed E-state index contributed by atoms with van der Waals surface area (Å²) >= 11 is 2.23. The van der Waals surface area contributed by atoms with E-state index < -0.39 is 0 Å². The fourth-order valence-electron chi connectivity index (χ4n) is 4.15. The summed E-state index contributed by atoms with van der Waals surface area (Å²) in [5, 5.41) is 3.86. The van der Waals surface area contributed by atoms with Crippen molar-refractivity contribution in [1.29, 1.82) is 0 Å². The number of rotatable bonds is 5. The molecule has 0 spiro atoms. The van der Waals surface area contributed by atoms with Gasteiger partial charge in [-0.15, -0.1) is 0 Å². The molecule has 1 nitrogen and oxygen atoms in total. The van der Waals surface area contributed by atoms with Crippen LogP contribution in [-0.2, 0) is 0 Å². The van der Waals surface area contributed by atoms with E-state index in [9.17, 15) is 0 Å². The van der Waals surface area contributed by atoms with E-state index in [1.807, 2.05) is 0 Å². The molecule has 106 valence electrons. The fourth-order valence-corrected chi connectivity index (χ4v) is 5.65. The predicted molar refractivity (Wildman–Crippen MR) is 83.3 cm³/mol. The van der Waals surface area contributed by atoms with E-state index in [1.54, 1.807) is 0 Å². The van der Waals surface area contributed by atoms with Crippen molar-refractivity contribution < 1.29 is 0 Å². The topological polar surface area (TPSA) is 12.0 Å². The first-order valence-electron chi connectivity index (χ1n) is 8.07. The zero-order chi connectivity index (χ0) is 13.0. The molecule has 1 aliphatic carbocycles. The van der Waals surface area contributed by atoms with Crippen molar-refractivity contribution >= 4 is 11.8 Å². The first kappa shape index (κ1) is 14.7. The number of hydrogen-bond acceptors (Lipinski definition) is 2. The van der Waals surface area contributed by atoms with Crippen LogP contribution in [0, 0.1) is 11.8 Å². The maximum absolute atomic E-state index is 3.86. The Morgan fingerprint density at radius 3 is 2.72 bits per heavy atom. The van der Waals surface area contributed by atoms with Crippen molar-refractivity contribution in [3.05, 3.63) is 0 Å². The van der Waals surface area contributed by atoms with Crippen molar-refractivity contribution in [2.75, 3.05) is 12.3 Å². The minimum atomic E-state index is 0.510. The summed E-state index contributed by atoms with van der Waals surface area (Å²) in [5.41, 5.74) is 0. The van der Waals surface area contributed by atoms with E-state index in [0.29, 0.717) is 4.75 Å². The molecule has 18 heavy (non-hydrogen) atoms. The highest BCUT2D eigenvalue weighted by molar-refractivity contribution is 8.00. The number of hydrogen-bond donors (Lipinski definition) is 1. The first-order chi connectivity index (χ1) is 8.69. The van der Waals surface area contributed by atoms with E-state index in [1.165, 1.54) is 50.7 Å². The molecule has 4 unspecified atom stereocenters. The quantitative estimate of drug-likeness (QED) is 0.790. The van der Waals surface area contributed by atoms with Gasteiger partial charge in [-0.3, -0.25) is 0 Å². The molecule has 0 amide bonds. The van der Waals surface area contributed by atoms with Gasteiger partial charge in [-0.2, -0.15) is 11.8 Å². The van der Waals surface area contributed by atoms with Crippen LogP contribution in [0.15, 0.2) is 0 Å². The highest BCUT2D eigenvalue weighted by Gasteiger charge is 2.42. The molecule has 2 aliphatic rings. The van der Waals surface area contributed by atoms with E-state index >= 15 is 0 Å². The molecule has 1 aliphatic heterocycles. The maximum atomic E-state index is 3.86. The molecule has 1 saturated heterocycles. The van der Waals surface area contributed by atoms with Gasteiger partial charge in [-0.1, -0.05) is 33.1 Å². The molecule has 0 radical (unpaired) electrons. The van der Waals surface area contributed by atoms with Gasteiger partial charge >= 0.3 is 0 Å². The molecule has 2 heteroatoms. The van der Waals surface area contributed by atoms with Crippen LogP contribution in [0.3, 0.4) is 0 Å². The van der Waals surface area contributed by atoms with Crippen molar-refractivity contribution in [3.8, 4) is 0 Å². The van der Waals surface area contributed by atoms with Gasteiger partial charge in [0.2, 0.25) is 0 Å². The van der Waals surface area contributed by atoms with Gasteiger partial charge in [0.05, 0.1) is 0 Å². The normalized spacial score (nSPS) is 38.8. The lowest BCUT2D eigenvalue weighted by Crippen LogP contribution is -2.51. The summed E-state index contributed by atoms with van der Waals surface area (Å²) in [4.78, 5) is 0. The largest absolute Gasteiger partial charge is 0.313 e. The third-order valence-corrected chi connectivity index (χ3v) is 6.81. The van der Waals surface area contributed by atoms with E-state index in [4.69, 9.17) is 0 Å². The summed E-state index contributed by atoms with van der Waals surface area (Å²) in [6.45, 7) is 8.30. The standard InChI is InChI=1S/C16H31NS/c1-4-13-8-6-9-14(12-13)15(17-5-2)16(3)10-7-11-18-16/h13-15,17H,4-12H2,1-3H3. The zero-order valence-electron chi connectivity index (χ0n) is 12.5. The van der Waals surface area contributed by atoms with Gasteiger partial charge in [0.25, 0.3) is 0 Å². The second kappa shape index (κ2) is 6.65. The van der Waals surface area contributed by atoms with Crippen molar-refractivity contribution in [3.63, 3.8) is 0 Å². The average Bonchev–Trinajstić information content (AvgIpc) is 2.84. The molecule has 0 aromatic carbocycles. The van der Waals surface area contributed by atoms with Gasteiger partial charge in [-0.05, 0) is 56.7 Å². The number of nitrogens with one attached hydrogen (secondary N) is 1. The Labute approximate surface area is 118 Å². The molecule has 0 aromatic heterocycles. The second-order valence-electron chi connectivity index (χ2n) is 6.50. The third-order valence-electron chi connectivity index (χ3n) is 5.20. The lowest BCUT2D eigenvalue weighted by Gasteiger charge is -2.43. The van der Waals surface area contributed by atoms with Crippen molar-refractivity contribution in [2.45, 2.75) is 76.5 Å². The Balaban J connectivity index is 2.04. The predicted octanol–water partition coefficient (Wildman–Crippen LogP) is 4.47. The van der Waals surface area contributed by atoms with Crippen LogP contribution in [0.4, 0.5) is 0 Å². The molecular weight excluding hydrogens is 238 g/mol. The highest BCUT2D eigenvalue weighted by Crippen LogP contribution is 2.46.